The molecular formula is C17H12FN3OS. The molecule has 6 heteroatoms. The van der Waals surface area contributed by atoms with Crippen molar-refractivity contribution in [1.29, 1.82) is 5.26 Å². The number of aromatic nitrogens is 2. The Hall–Kier alpha value is -2.65. The summed E-state index contributed by atoms with van der Waals surface area (Å²) < 4.78 is 13.6. The number of halogens is 1. The highest BCUT2D eigenvalue weighted by atomic mass is 32.2. The van der Waals surface area contributed by atoms with Gasteiger partial charge in [-0.2, -0.15) is 5.26 Å². The Morgan fingerprint density at radius 3 is 2.91 bits per heavy atom. The SMILES string of the molecule is Cc1cnccc1CSc1[nH]c(=O)c(C#N)c2ccc(F)cc12. The lowest BCUT2D eigenvalue weighted by Gasteiger charge is -2.09. The number of hydrogen-bond donors (Lipinski definition) is 1. The van der Waals surface area contributed by atoms with Gasteiger partial charge in [-0.05, 0) is 42.3 Å². The molecule has 3 rings (SSSR count). The minimum atomic E-state index is -0.458. The van der Waals surface area contributed by atoms with Crippen LogP contribution in [0.2, 0.25) is 0 Å². The second-order valence-corrected chi connectivity index (χ2v) is 6.04. The van der Waals surface area contributed by atoms with Gasteiger partial charge in [0.2, 0.25) is 0 Å². The van der Waals surface area contributed by atoms with Crippen LogP contribution < -0.4 is 5.56 Å². The molecule has 2 aromatic heterocycles. The zero-order valence-electron chi connectivity index (χ0n) is 12.3. The van der Waals surface area contributed by atoms with Crippen LogP contribution in [0.4, 0.5) is 4.39 Å². The van der Waals surface area contributed by atoms with Crippen molar-refractivity contribution in [3.8, 4) is 6.07 Å². The molecule has 4 nitrogen and oxygen atoms in total. The molecule has 23 heavy (non-hydrogen) atoms. The molecule has 114 valence electrons. The van der Waals surface area contributed by atoms with Gasteiger partial charge in [0.25, 0.3) is 5.56 Å². The minimum Gasteiger partial charge on any atom is -0.315 e. The maximum Gasteiger partial charge on any atom is 0.267 e. The number of hydrogen-bond acceptors (Lipinski definition) is 4. The highest BCUT2D eigenvalue weighted by Crippen LogP contribution is 2.29. The average molecular weight is 325 g/mol. The van der Waals surface area contributed by atoms with E-state index in [9.17, 15) is 9.18 Å². The Balaban J connectivity index is 2.08. The molecule has 1 N–H and O–H groups in total. The number of aryl methyl sites for hydroxylation is 1. The van der Waals surface area contributed by atoms with E-state index in [1.54, 1.807) is 12.4 Å². The fourth-order valence-corrected chi connectivity index (χ4v) is 3.43. The molecule has 1 aromatic carbocycles. The zero-order valence-corrected chi connectivity index (χ0v) is 13.1. The second kappa shape index (κ2) is 6.23. The highest BCUT2D eigenvalue weighted by Gasteiger charge is 2.12. The number of nitrogens with one attached hydrogen (secondary N) is 1. The van der Waals surface area contributed by atoms with Crippen LogP contribution in [0.15, 0.2) is 46.5 Å². The van der Waals surface area contributed by atoms with Crippen molar-refractivity contribution >= 4 is 22.5 Å². The van der Waals surface area contributed by atoms with E-state index >= 15 is 0 Å². The molecular weight excluding hydrogens is 313 g/mol. The van der Waals surface area contributed by atoms with Crippen molar-refractivity contribution in [2.45, 2.75) is 17.7 Å². The topological polar surface area (TPSA) is 69.5 Å². The van der Waals surface area contributed by atoms with Crippen molar-refractivity contribution < 1.29 is 4.39 Å². The van der Waals surface area contributed by atoms with Crippen molar-refractivity contribution in [1.82, 2.24) is 9.97 Å². The van der Waals surface area contributed by atoms with Gasteiger partial charge in [0.15, 0.2) is 0 Å². The predicted molar refractivity (Wildman–Crippen MR) is 87.8 cm³/mol. The molecule has 0 saturated heterocycles. The second-order valence-electron chi connectivity index (χ2n) is 5.05. The highest BCUT2D eigenvalue weighted by molar-refractivity contribution is 7.98. The van der Waals surface area contributed by atoms with Gasteiger partial charge in [-0.25, -0.2) is 4.39 Å². The summed E-state index contributed by atoms with van der Waals surface area (Å²) in [6.07, 6.45) is 3.48. The van der Waals surface area contributed by atoms with Crippen LogP contribution in [0, 0.1) is 24.1 Å². The van der Waals surface area contributed by atoms with Gasteiger partial charge in [-0.3, -0.25) is 9.78 Å². The van der Waals surface area contributed by atoms with E-state index in [2.05, 4.69) is 9.97 Å². The van der Waals surface area contributed by atoms with Crippen molar-refractivity contribution in [2.75, 3.05) is 0 Å². The minimum absolute atomic E-state index is 0.00411. The number of thioether (sulfide) groups is 1. The van der Waals surface area contributed by atoms with Crippen LogP contribution in [0.25, 0.3) is 10.8 Å². The number of H-pyrrole nitrogens is 1. The first-order valence-electron chi connectivity index (χ1n) is 6.88. The first-order chi connectivity index (χ1) is 11.1. The van der Waals surface area contributed by atoms with Crippen LogP contribution in [-0.4, -0.2) is 9.97 Å². The molecule has 0 unspecified atom stereocenters. The monoisotopic (exact) mass is 325 g/mol. The first-order valence-corrected chi connectivity index (χ1v) is 7.86. The van der Waals surface area contributed by atoms with E-state index in [-0.39, 0.29) is 5.56 Å². The molecule has 3 aromatic rings. The third-order valence-corrected chi connectivity index (χ3v) is 4.64. The summed E-state index contributed by atoms with van der Waals surface area (Å²) in [4.78, 5) is 18.8. The van der Waals surface area contributed by atoms with E-state index in [1.807, 2.05) is 19.1 Å². The quantitative estimate of drug-likeness (QED) is 0.748. The van der Waals surface area contributed by atoms with Gasteiger partial charge in [0.1, 0.15) is 17.4 Å². The summed E-state index contributed by atoms with van der Waals surface area (Å²) in [6.45, 7) is 1.96. The fourth-order valence-electron chi connectivity index (χ4n) is 2.32. The lowest BCUT2D eigenvalue weighted by molar-refractivity contribution is 0.629. The molecule has 0 amide bonds. The maximum atomic E-state index is 13.6. The number of aromatic amines is 1. The molecule has 0 aliphatic heterocycles. The summed E-state index contributed by atoms with van der Waals surface area (Å²) in [6, 6.07) is 7.86. The third-order valence-electron chi connectivity index (χ3n) is 3.57. The van der Waals surface area contributed by atoms with Crippen molar-refractivity contribution in [2.24, 2.45) is 0 Å². The molecule has 0 saturated carbocycles. The molecule has 0 spiro atoms. The van der Waals surface area contributed by atoms with E-state index in [1.165, 1.54) is 30.0 Å². The number of nitriles is 1. The molecule has 2 heterocycles. The van der Waals surface area contributed by atoms with Crippen molar-refractivity contribution in [3.63, 3.8) is 0 Å². The summed E-state index contributed by atoms with van der Waals surface area (Å²) in [5, 5.41) is 10.7. The predicted octanol–water partition coefficient (Wildman–Crippen LogP) is 3.53. The zero-order chi connectivity index (χ0) is 16.4. The summed E-state index contributed by atoms with van der Waals surface area (Å²) in [5.74, 6) is 0.206. The fraction of sp³-hybridized carbons (Fsp3) is 0.118. The normalized spacial score (nSPS) is 10.7. The number of nitrogens with zero attached hydrogens (tertiary/aromatic N) is 2. The number of rotatable bonds is 3. The average Bonchev–Trinajstić information content (AvgIpc) is 2.54. The third kappa shape index (κ3) is 2.96. The largest absolute Gasteiger partial charge is 0.315 e. The van der Waals surface area contributed by atoms with Crippen LogP contribution in [-0.2, 0) is 5.75 Å². The van der Waals surface area contributed by atoms with Crippen LogP contribution in [0.5, 0.6) is 0 Å². The summed E-state index contributed by atoms with van der Waals surface area (Å²) >= 11 is 1.40. The first kappa shape index (κ1) is 15.3. The van der Waals surface area contributed by atoms with E-state index < -0.39 is 11.4 Å². The summed E-state index contributed by atoms with van der Waals surface area (Å²) in [5.41, 5.74) is 1.68. The Labute approximate surface area is 136 Å². The summed E-state index contributed by atoms with van der Waals surface area (Å²) in [7, 11) is 0. The number of benzene rings is 1. The Morgan fingerprint density at radius 1 is 1.35 bits per heavy atom. The molecule has 0 bridgehead atoms. The Bertz CT molecular complexity index is 991. The molecule has 0 atom stereocenters. The van der Waals surface area contributed by atoms with Gasteiger partial charge in [0, 0.05) is 28.9 Å². The van der Waals surface area contributed by atoms with Crippen LogP contribution in [0.3, 0.4) is 0 Å². The molecule has 0 fully saturated rings. The van der Waals surface area contributed by atoms with E-state index in [4.69, 9.17) is 5.26 Å². The van der Waals surface area contributed by atoms with Crippen molar-refractivity contribution in [3.05, 3.63) is 69.5 Å². The van der Waals surface area contributed by atoms with Crippen LogP contribution in [0.1, 0.15) is 16.7 Å². The molecule has 0 radical (unpaired) electrons. The maximum absolute atomic E-state index is 13.6. The van der Waals surface area contributed by atoms with Gasteiger partial charge in [0.05, 0.1) is 5.03 Å². The van der Waals surface area contributed by atoms with E-state index in [0.29, 0.717) is 21.6 Å². The smallest absolute Gasteiger partial charge is 0.267 e. The Morgan fingerprint density at radius 2 is 2.17 bits per heavy atom. The number of pyridine rings is 2. The Kier molecular flexibility index (Phi) is 4.13. The van der Waals surface area contributed by atoms with Crippen LogP contribution >= 0.6 is 11.8 Å². The lowest BCUT2D eigenvalue weighted by Crippen LogP contribution is -2.12. The molecule has 0 aliphatic rings. The van der Waals surface area contributed by atoms with Gasteiger partial charge >= 0.3 is 0 Å². The molecule has 0 aliphatic carbocycles. The van der Waals surface area contributed by atoms with Gasteiger partial charge < -0.3 is 4.98 Å². The number of fused-ring (bicyclic) bond motifs is 1. The van der Waals surface area contributed by atoms with E-state index in [0.717, 1.165) is 11.1 Å². The van der Waals surface area contributed by atoms with Gasteiger partial charge in [-0.15, -0.1) is 11.8 Å². The standard InChI is InChI=1S/C17H12FN3OS/c1-10-8-20-5-4-11(10)9-23-17-14-6-12(18)2-3-13(14)15(7-19)16(22)21-17/h2-6,8H,9H2,1H3,(H,21,22). The lowest BCUT2D eigenvalue weighted by atomic mass is 10.1. The van der Waals surface area contributed by atoms with Gasteiger partial charge in [-0.1, -0.05) is 0 Å².